The first-order valence-electron chi connectivity index (χ1n) is 9.41. The molecule has 150 valence electrons. The number of hydrogen-bond acceptors (Lipinski definition) is 5. The SMILES string of the molecule is CCOC(=O)[C@@H]1CCCN(S(=O)(=O)c2ccc(C(=O)N(CC)CC)cc2)C1. The van der Waals surface area contributed by atoms with E-state index >= 15 is 0 Å². The Morgan fingerprint density at radius 2 is 1.78 bits per heavy atom. The van der Waals surface area contributed by atoms with Gasteiger partial charge in [-0.05, 0) is 57.9 Å². The van der Waals surface area contributed by atoms with Crippen LogP contribution < -0.4 is 0 Å². The van der Waals surface area contributed by atoms with E-state index in [2.05, 4.69) is 0 Å². The molecular weight excluding hydrogens is 368 g/mol. The van der Waals surface area contributed by atoms with Gasteiger partial charge >= 0.3 is 5.97 Å². The molecule has 2 rings (SSSR count). The van der Waals surface area contributed by atoms with Crippen molar-refractivity contribution >= 4 is 21.9 Å². The maximum absolute atomic E-state index is 12.9. The van der Waals surface area contributed by atoms with Gasteiger partial charge in [-0.1, -0.05) is 0 Å². The maximum atomic E-state index is 12.9. The van der Waals surface area contributed by atoms with E-state index in [-0.39, 0.29) is 29.9 Å². The highest BCUT2D eigenvalue weighted by atomic mass is 32.2. The van der Waals surface area contributed by atoms with Crippen LogP contribution in [0.3, 0.4) is 0 Å². The first-order valence-corrected chi connectivity index (χ1v) is 10.8. The molecule has 1 aromatic carbocycles. The zero-order valence-electron chi connectivity index (χ0n) is 16.2. The number of nitrogens with zero attached hydrogens (tertiary/aromatic N) is 2. The van der Waals surface area contributed by atoms with Crippen LogP contribution in [0.2, 0.25) is 0 Å². The minimum absolute atomic E-state index is 0.121. The third-order valence-corrected chi connectivity index (χ3v) is 6.67. The lowest BCUT2D eigenvalue weighted by Crippen LogP contribution is -2.42. The third-order valence-electron chi connectivity index (χ3n) is 4.79. The summed E-state index contributed by atoms with van der Waals surface area (Å²) in [6, 6.07) is 6.00. The van der Waals surface area contributed by atoms with Crippen LogP contribution in [0.5, 0.6) is 0 Å². The van der Waals surface area contributed by atoms with Crippen molar-refractivity contribution in [3.8, 4) is 0 Å². The first kappa shape index (κ1) is 21.4. The van der Waals surface area contributed by atoms with Crippen molar-refractivity contribution in [2.24, 2.45) is 5.92 Å². The Kier molecular flexibility index (Phi) is 7.38. The van der Waals surface area contributed by atoms with Gasteiger partial charge in [0.05, 0.1) is 17.4 Å². The molecule has 1 saturated heterocycles. The Labute approximate surface area is 161 Å². The molecule has 1 aliphatic rings. The van der Waals surface area contributed by atoms with Gasteiger partial charge in [0.25, 0.3) is 5.91 Å². The molecule has 1 aliphatic heterocycles. The van der Waals surface area contributed by atoms with Gasteiger partial charge in [0.1, 0.15) is 0 Å². The molecule has 8 heteroatoms. The van der Waals surface area contributed by atoms with Crippen molar-refractivity contribution in [3.05, 3.63) is 29.8 Å². The Balaban J connectivity index is 2.16. The van der Waals surface area contributed by atoms with Crippen LogP contribution >= 0.6 is 0 Å². The van der Waals surface area contributed by atoms with Gasteiger partial charge in [0.2, 0.25) is 10.0 Å². The van der Waals surface area contributed by atoms with Crippen molar-refractivity contribution in [2.75, 3.05) is 32.8 Å². The minimum Gasteiger partial charge on any atom is -0.466 e. The summed E-state index contributed by atoms with van der Waals surface area (Å²) in [5.41, 5.74) is 0.459. The highest BCUT2D eigenvalue weighted by Crippen LogP contribution is 2.25. The zero-order valence-corrected chi connectivity index (χ0v) is 17.0. The highest BCUT2D eigenvalue weighted by molar-refractivity contribution is 7.89. The molecule has 1 amide bonds. The Hall–Kier alpha value is -1.93. The fourth-order valence-electron chi connectivity index (χ4n) is 3.23. The van der Waals surface area contributed by atoms with Crippen molar-refractivity contribution in [3.63, 3.8) is 0 Å². The van der Waals surface area contributed by atoms with Gasteiger partial charge in [-0.3, -0.25) is 9.59 Å². The molecular formula is C19H28N2O5S. The van der Waals surface area contributed by atoms with E-state index in [0.29, 0.717) is 38.0 Å². The second-order valence-electron chi connectivity index (χ2n) is 6.46. The lowest BCUT2D eigenvalue weighted by Gasteiger charge is -2.30. The molecule has 0 saturated carbocycles. The van der Waals surface area contributed by atoms with Crippen LogP contribution in [0.4, 0.5) is 0 Å². The first-order chi connectivity index (χ1) is 12.8. The standard InChI is InChI=1S/C19H28N2O5S/c1-4-20(5-2)18(22)15-9-11-17(12-10-15)27(24,25)21-13-7-8-16(14-21)19(23)26-6-3/h9-12,16H,4-8,13-14H2,1-3H3/t16-/m1/s1. The maximum Gasteiger partial charge on any atom is 0.310 e. The number of amides is 1. The van der Waals surface area contributed by atoms with Crippen LogP contribution in [0.25, 0.3) is 0 Å². The van der Waals surface area contributed by atoms with E-state index < -0.39 is 15.9 Å². The number of piperidine rings is 1. The van der Waals surface area contributed by atoms with E-state index in [1.54, 1.807) is 24.0 Å². The molecule has 0 spiro atoms. The summed E-state index contributed by atoms with van der Waals surface area (Å²) in [7, 11) is -3.72. The lowest BCUT2D eigenvalue weighted by atomic mass is 10.0. The minimum atomic E-state index is -3.72. The Morgan fingerprint density at radius 1 is 1.15 bits per heavy atom. The van der Waals surface area contributed by atoms with Crippen molar-refractivity contribution < 1.29 is 22.7 Å². The molecule has 1 aromatic rings. The van der Waals surface area contributed by atoms with Gasteiger partial charge in [0, 0.05) is 31.7 Å². The normalized spacial score (nSPS) is 18.1. The Bertz CT molecular complexity index is 757. The number of benzene rings is 1. The van der Waals surface area contributed by atoms with Crippen LogP contribution in [0, 0.1) is 5.92 Å². The number of ether oxygens (including phenoxy) is 1. The number of esters is 1. The molecule has 1 atom stereocenters. The molecule has 0 unspecified atom stereocenters. The largest absolute Gasteiger partial charge is 0.466 e. The fraction of sp³-hybridized carbons (Fsp3) is 0.579. The van der Waals surface area contributed by atoms with Crippen LogP contribution in [-0.4, -0.2) is 62.3 Å². The highest BCUT2D eigenvalue weighted by Gasteiger charge is 2.34. The van der Waals surface area contributed by atoms with Crippen molar-refractivity contribution in [1.29, 1.82) is 0 Å². The van der Waals surface area contributed by atoms with E-state index in [9.17, 15) is 18.0 Å². The predicted molar refractivity (Wildman–Crippen MR) is 102 cm³/mol. The number of sulfonamides is 1. The summed E-state index contributed by atoms with van der Waals surface area (Å²) < 4.78 is 32.2. The zero-order chi connectivity index (χ0) is 20.0. The van der Waals surface area contributed by atoms with Crippen LogP contribution in [0.15, 0.2) is 29.2 Å². The summed E-state index contributed by atoms with van der Waals surface area (Å²) >= 11 is 0. The van der Waals surface area contributed by atoms with Crippen LogP contribution in [-0.2, 0) is 19.6 Å². The summed E-state index contributed by atoms with van der Waals surface area (Å²) in [6.45, 7) is 7.50. The van der Waals surface area contributed by atoms with Gasteiger partial charge in [0.15, 0.2) is 0 Å². The summed E-state index contributed by atoms with van der Waals surface area (Å²) in [4.78, 5) is 26.1. The van der Waals surface area contributed by atoms with E-state index in [1.807, 2.05) is 13.8 Å². The lowest BCUT2D eigenvalue weighted by molar-refractivity contribution is -0.149. The van der Waals surface area contributed by atoms with E-state index in [0.717, 1.165) is 0 Å². The van der Waals surface area contributed by atoms with Crippen molar-refractivity contribution in [1.82, 2.24) is 9.21 Å². The van der Waals surface area contributed by atoms with E-state index in [1.165, 1.54) is 16.4 Å². The molecule has 0 radical (unpaired) electrons. The quantitative estimate of drug-likeness (QED) is 0.659. The number of rotatable bonds is 7. The van der Waals surface area contributed by atoms with E-state index in [4.69, 9.17) is 4.74 Å². The average molecular weight is 397 g/mol. The fourth-order valence-corrected chi connectivity index (χ4v) is 4.75. The second kappa shape index (κ2) is 9.32. The van der Waals surface area contributed by atoms with Gasteiger partial charge in [-0.2, -0.15) is 4.31 Å². The van der Waals surface area contributed by atoms with Crippen LogP contribution in [0.1, 0.15) is 44.0 Å². The number of carbonyl (C=O) groups is 2. The van der Waals surface area contributed by atoms with Gasteiger partial charge in [-0.25, -0.2) is 8.42 Å². The molecule has 0 bridgehead atoms. The Morgan fingerprint density at radius 3 is 2.33 bits per heavy atom. The molecule has 0 aliphatic carbocycles. The molecule has 7 nitrogen and oxygen atoms in total. The smallest absolute Gasteiger partial charge is 0.310 e. The number of carbonyl (C=O) groups excluding carboxylic acids is 2. The monoisotopic (exact) mass is 396 g/mol. The molecule has 27 heavy (non-hydrogen) atoms. The third kappa shape index (κ3) is 4.87. The predicted octanol–water partition coefficient (Wildman–Crippen LogP) is 2.13. The molecule has 1 fully saturated rings. The second-order valence-corrected chi connectivity index (χ2v) is 8.39. The summed E-state index contributed by atoms with van der Waals surface area (Å²) in [6.07, 6.45) is 1.24. The molecule has 0 N–H and O–H groups in total. The van der Waals surface area contributed by atoms with Gasteiger partial charge < -0.3 is 9.64 Å². The topological polar surface area (TPSA) is 84.0 Å². The van der Waals surface area contributed by atoms with Crippen molar-refractivity contribution in [2.45, 2.75) is 38.5 Å². The number of hydrogen-bond donors (Lipinski definition) is 0. The summed E-state index contributed by atoms with van der Waals surface area (Å²) in [5, 5.41) is 0. The average Bonchev–Trinajstić information content (AvgIpc) is 2.69. The van der Waals surface area contributed by atoms with Gasteiger partial charge in [-0.15, -0.1) is 0 Å². The molecule has 0 aromatic heterocycles. The molecule has 1 heterocycles. The summed E-state index contributed by atoms with van der Waals surface area (Å²) in [5.74, 6) is -0.904.